The van der Waals surface area contributed by atoms with Gasteiger partial charge in [0.05, 0.1) is 37.2 Å². The average Bonchev–Trinajstić information content (AvgIpc) is 3.61. The molecule has 1 fully saturated rings. The number of fused-ring (bicyclic) bond motifs is 3. The lowest BCUT2D eigenvalue weighted by Crippen LogP contribution is -2.38. The van der Waals surface area contributed by atoms with Crippen LogP contribution in [-0.2, 0) is 29.1 Å². The Hall–Kier alpha value is -3.49. The van der Waals surface area contributed by atoms with E-state index in [1.165, 1.54) is 12.1 Å². The van der Waals surface area contributed by atoms with Crippen molar-refractivity contribution in [1.82, 2.24) is 0 Å². The largest absolute Gasteiger partial charge is 0.492 e. The molecule has 1 amide bonds. The van der Waals surface area contributed by atoms with Crippen molar-refractivity contribution in [1.29, 1.82) is 0 Å². The van der Waals surface area contributed by atoms with E-state index in [2.05, 4.69) is 8.92 Å². The summed E-state index contributed by atoms with van der Waals surface area (Å²) >= 11 is 0. The van der Waals surface area contributed by atoms with Crippen LogP contribution >= 0.6 is 0 Å². The number of methoxy groups -OCH3 is 1. The number of benzene rings is 2. The van der Waals surface area contributed by atoms with Gasteiger partial charge in [0.25, 0.3) is 20.1 Å². The van der Waals surface area contributed by atoms with E-state index in [4.69, 9.17) is 4.74 Å². The van der Waals surface area contributed by atoms with Crippen LogP contribution in [0.4, 0.5) is 14.9 Å². The molecule has 2 aliphatic rings. The van der Waals surface area contributed by atoms with Crippen molar-refractivity contribution in [3.05, 3.63) is 58.9 Å². The molecule has 1 heterocycles. The average molecular weight is 556 g/mol. The summed E-state index contributed by atoms with van der Waals surface area (Å²) < 4.78 is 79.0. The van der Waals surface area contributed by atoms with Crippen molar-refractivity contribution in [2.24, 2.45) is 5.92 Å². The number of carbonyl (C=O) groups is 2. The van der Waals surface area contributed by atoms with Crippen molar-refractivity contribution < 1.29 is 49.6 Å². The van der Waals surface area contributed by atoms with Gasteiger partial charge in [-0.15, -0.1) is 0 Å². The summed E-state index contributed by atoms with van der Waals surface area (Å²) in [4.78, 5) is 24.5. The number of rotatable bonds is 8. The van der Waals surface area contributed by atoms with Crippen molar-refractivity contribution in [3.63, 3.8) is 0 Å². The van der Waals surface area contributed by atoms with Crippen LogP contribution in [0.3, 0.4) is 0 Å². The van der Waals surface area contributed by atoms with Crippen LogP contribution < -0.4 is 9.04 Å². The monoisotopic (exact) mass is 555 g/mol. The molecule has 0 saturated heterocycles. The number of hydrogen-bond donors (Lipinski definition) is 1. The Labute approximate surface area is 212 Å². The Bertz CT molecular complexity index is 1520. The Morgan fingerprint density at radius 3 is 2.59 bits per heavy atom. The first-order chi connectivity index (χ1) is 17.3. The van der Waals surface area contributed by atoms with Gasteiger partial charge in [-0.25, -0.2) is 22.4 Å². The normalized spacial score (nSPS) is 18.5. The minimum atomic E-state index is -4.90. The summed E-state index contributed by atoms with van der Waals surface area (Å²) in [6, 6.07) is 5.29. The maximum atomic E-state index is 14.0. The molecule has 1 aliphatic heterocycles. The molecule has 14 heteroatoms. The number of aromatic carboxylic acids is 1. The smallest absolute Gasteiger partial charge is 0.428 e. The van der Waals surface area contributed by atoms with Crippen molar-refractivity contribution >= 4 is 44.0 Å². The first-order valence-electron chi connectivity index (χ1n) is 10.8. The lowest BCUT2D eigenvalue weighted by atomic mass is 10.00. The second kappa shape index (κ2) is 9.76. The molecule has 0 bridgehead atoms. The summed E-state index contributed by atoms with van der Waals surface area (Å²) in [6.07, 6.45) is 2.44. The van der Waals surface area contributed by atoms with Gasteiger partial charge in [0.2, 0.25) is 0 Å². The molecule has 0 spiro atoms. The highest BCUT2D eigenvalue weighted by Gasteiger charge is 2.47. The summed E-state index contributed by atoms with van der Waals surface area (Å²) in [5, 5.41) is 9.98. The molecule has 1 N–H and O–H groups in total. The molecule has 198 valence electrons. The Morgan fingerprint density at radius 1 is 1.22 bits per heavy atom. The van der Waals surface area contributed by atoms with Gasteiger partial charge in [-0.2, -0.15) is 12.7 Å². The third kappa shape index (κ3) is 5.31. The van der Waals surface area contributed by atoms with E-state index in [1.807, 2.05) is 0 Å². The minimum absolute atomic E-state index is 0.0231. The van der Waals surface area contributed by atoms with Crippen LogP contribution in [0.25, 0.3) is 6.08 Å². The van der Waals surface area contributed by atoms with E-state index in [9.17, 15) is 35.9 Å². The lowest BCUT2D eigenvalue weighted by Gasteiger charge is -2.26. The number of carboxylic acids is 1. The fourth-order valence-corrected chi connectivity index (χ4v) is 6.01. The topological polar surface area (TPSA) is 154 Å². The number of nitrogens with zero attached hydrogens (tertiary/aromatic N) is 1. The first kappa shape index (κ1) is 26.6. The SMILES string of the molecule is COC(=O)N(c1ccc2c(c1C(=O)O)OC[C@@H]1C[C@H]21)S(=O)(=O)c1ccc(F)cc1C=CCOS(C)(=O)=O. The van der Waals surface area contributed by atoms with Crippen molar-refractivity contribution in [3.8, 4) is 5.75 Å². The van der Waals surface area contributed by atoms with Crippen LogP contribution in [0.15, 0.2) is 41.3 Å². The van der Waals surface area contributed by atoms with Gasteiger partial charge in [0, 0.05) is 5.92 Å². The van der Waals surface area contributed by atoms with E-state index in [0.29, 0.717) is 5.56 Å². The van der Waals surface area contributed by atoms with Gasteiger partial charge in [0.1, 0.15) is 17.1 Å². The zero-order valence-corrected chi connectivity index (χ0v) is 21.2. The van der Waals surface area contributed by atoms with Gasteiger partial charge < -0.3 is 14.6 Å². The van der Waals surface area contributed by atoms with E-state index >= 15 is 0 Å². The van der Waals surface area contributed by atoms with Gasteiger partial charge in [0.15, 0.2) is 0 Å². The maximum Gasteiger partial charge on any atom is 0.428 e. The Morgan fingerprint density at radius 2 is 1.95 bits per heavy atom. The van der Waals surface area contributed by atoms with Crippen LogP contribution in [0.1, 0.15) is 33.8 Å². The summed E-state index contributed by atoms with van der Waals surface area (Å²) in [7, 11) is -7.77. The summed E-state index contributed by atoms with van der Waals surface area (Å²) in [5.41, 5.74) is -0.691. The third-order valence-corrected chi connectivity index (χ3v) is 8.19. The summed E-state index contributed by atoms with van der Waals surface area (Å²) in [6.45, 7) is -0.210. The van der Waals surface area contributed by atoms with E-state index in [-0.39, 0.29) is 34.1 Å². The fourth-order valence-electron chi connectivity index (χ4n) is 4.14. The molecule has 2 aromatic rings. The highest BCUT2D eigenvalue weighted by molar-refractivity contribution is 7.93. The molecule has 0 aromatic heterocycles. The van der Waals surface area contributed by atoms with Crippen LogP contribution in [0, 0.1) is 11.7 Å². The predicted octanol–water partition coefficient (Wildman–Crippen LogP) is 2.97. The Kier molecular flexibility index (Phi) is 7.01. The van der Waals surface area contributed by atoms with Crippen LogP contribution in [0.2, 0.25) is 0 Å². The zero-order valence-electron chi connectivity index (χ0n) is 19.6. The number of carboxylic acid groups (broad SMARTS) is 1. The quantitative estimate of drug-likeness (QED) is 0.481. The molecule has 0 unspecified atom stereocenters. The van der Waals surface area contributed by atoms with Gasteiger partial charge in [-0.05, 0) is 47.7 Å². The number of amides is 1. The Balaban J connectivity index is 1.85. The second-order valence-corrected chi connectivity index (χ2v) is 11.8. The highest BCUT2D eigenvalue weighted by Crippen LogP contribution is 2.55. The molecular formula is C23H22FNO10S2. The maximum absolute atomic E-state index is 14.0. The molecule has 4 rings (SSSR count). The first-order valence-corrected chi connectivity index (χ1v) is 14.1. The van der Waals surface area contributed by atoms with E-state index in [0.717, 1.165) is 50.1 Å². The zero-order chi connectivity index (χ0) is 27.1. The number of halogens is 1. The fraction of sp³-hybridized carbons (Fsp3) is 0.304. The molecule has 37 heavy (non-hydrogen) atoms. The molecule has 2 aromatic carbocycles. The van der Waals surface area contributed by atoms with Crippen molar-refractivity contribution in [2.75, 3.05) is 30.9 Å². The molecule has 1 aliphatic carbocycles. The van der Waals surface area contributed by atoms with Crippen LogP contribution in [0.5, 0.6) is 5.75 Å². The molecule has 11 nitrogen and oxygen atoms in total. The lowest BCUT2D eigenvalue weighted by molar-refractivity contribution is 0.0692. The second-order valence-electron chi connectivity index (χ2n) is 8.41. The van der Waals surface area contributed by atoms with E-state index in [1.54, 1.807) is 0 Å². The van der Waals surface area contributed by atoms with Crippen molar-refractivity contribution in [2.45, 2.75) is 17.2 Å². The molecular weight excluding hydrogens is 533 g/mol. The molecule has 2 atom stereocenters. The van der Waals surface area contributed by atoms with Gasteiger partial charge >= 0.3 is 12.1 Å². The number of hydrogen-bond acceptors (Lipinski definition) is 9. The number of anilines is 1. The number of sulfonamides is 1. The predicted molar refractivity (Wildman–Crippen MR) is 128 cm³/mol. The summed E-state index contributed by atoms with van der Waals surface area (Å²) in [5.74, 6) is -2.03. The minimum Gasteiger partial charge on any atom is -0.492 e. The highest BCUT2D eigenvalue weighted by atomic mass is 32.2. The number of ether oxygens (including phenoxy) is 2. The van der Waals surface area contributed by atoms with Crippen LogP contribution in [-0.4, -0.2) is 60.6 Å². The van der Waals surface area contributed by atoms with E-state index < -0.39 is 60.8 Å². The molecule has 1 saturated carbocycles. The van der Waals surface area contributed by atoms with Gasteiger partial charge in [-0.3, -0.25) is 4.18 Å². The number of carbonyl (C=O) groups excluding carboxylic acids is 1. The third-order valence-electron chi connectivity index (χ3n) is 5.87. The molecule has 0 radical (unpaired) electrons. The van der Waals surface area contributed by atoms with Gasteiger partial charge in [-0.1, -0.05) is 18.2 Å². The standard InChI is InChI=1S/C23H22FNO10S2/c1-33-23(28)25(18-7-6-16-17-11-14(17)12-34-21(16)20(18)22(26)27)37(31,32)19-8-5-15(24)10-13(19)4-3-9-35-36(2,29)30/h3-8,10,14,17H,9,11-12H2,1-2H3,(H,26,27)/t14-,17-/m0/s1.